The smallest absolute Gasteiger partial charge is 0.234 e. The lowest BCUT2D eigenvalue weighted by Gasteiger charge is -2.07. The molecule has 20 heavy (non-hydrogen) atoms. The number of anilines is 2. The van der Waals surface area contributed by atoms with E-state index in [9.17, 15) is 4.79 Å². The Morgan fingerprint density at radius 2 is 1.95 bits per heavy atom. The van der Waals surface area contributed by atoms with Gasteiger partial charge in [-0.2, -0.15) is 4.98 Å². The van der Waals surface area contributed by atoms with Crippen molar-refractivity contribution in [1.29, 1.82) is 0 Å². The molecule has 1 aromatic carbocycles. The lowest BCUT2D eigenvalue weighted by molar-refractivity contribution is -0.113. The lowest BCUT2D eigenvalue weighted by atomic mass is 10.1. The summed E-state index contributed by atoms with van der Waals surface area (Å²) in [5, 5.41) is 3.28. The number of hydrogen-bond donors (Lipinski definition) is 2. The number of carbonyl (C=O) groups is 1. The first-order valence-corrected chi connectivity index (χ1v) is 6.97. The minimum atomic E-state index is -0.112. The van der Waals surface area contributed by atoms with E-state index in [4.69, 9.17) is 5.73 Å². The van der Waals surface area contributed by atoms with Crippen LogP contribution in [0, 0.1) is 13.8 Å². The molecular weight excluding hydrogens is 274 g/mol. The number of nitrogens with two attached hydrogens (primary N) is 1. The Balaban J connectivity index is 1.92. The summed E-state index contributed by atoms with van der Waals surface area (Å²) in [6.45, 7) is 3.98. The third-order valence-electron chi connectivity index (χ3n) is 2.41. The summed E-state index contributed by atoms with van der Waals surface area (Å²) in [6.07, 6.45) is 1.33. The molecule has 0 aliphatic heterocycles. The zero-order chi connectivity index (χ0) is 14.5. The summed E-state index contributed by atoms with van der Waals surface area (Å²) in [5.74, 6) is 0.257. The minimum Gasteiger partial charge on any atom is -0.368 e. The van der Waals surface area contributed by atoms with Gasteiger partial charge in [-0.15, -0.1) is 0 Å². The molecule has 0 aliphatic rings. The maximum Gasteiger partial charge on any atom is 0.234 e. The quantitative estimate of drug-likeness (QED) is 0.834. The number of benzene rings is 1. The summed E-state index contributed by atoms with van der Waals surface area (Å²) in [5.41, 5.74) is 8.46. The standard InChI is InChI=1S/C13H15N5OS/c1-8-3-9(2)5-10(4-8)17-11(19)6-20-13-16-7-15-12(14)18-13/h3-5,7H,6H2,1-2H3,(H,17,19)(H2,14,15,16,18). The van der Waals surface area contributed by atoms with Crippen LogP contribution in [-0.2, 0) is 4.79 Å². The van der Waals surface area contributed by atoms with Crippen LogP contribution in [0.15, 0.2) is 29.7 Å². The molecule has 2 rings (SSSR count). The van der Waals surface area contributed by atoms with E-state index in [1.54, 1.807) is 0 Å². The maximum atomic E-state index is 11.9. The number of nitrogen functional groups attached to an aromatic ring is 1. The van der Waals surface area contributed by atoms with E-state index in [0.29, 0.717) is 5.16 Å². The van der Waals surface area contributed by atoms with E-state index in [2.05, 4.69) is 26.3 Å². The van der Waals surface area contributed by atoms with E-state index >= 15 is 0 Å². The average molecular weight is 289 g/mol. The van der Waals surface area contributed by atoms with Gasteiger partial charge in [0.25, 0.3) is 0 Å². The molecule has 0 unspecified atom stereocenters. The molecule has 0 saturated carbocycles. The van der Waals surface area contributed by atoms with Crippen molar-refractivity contribution in [3.05, 3.63) is 35.7 Å². The topological polar surface area (TPSA) is 93.8 Å². The monoisotopic (exact) mass is 289 g/mol. The van der Waals surface area contributed by atoms with Crippen LogP contribution < -0.4 is 11.1 Å². The Morgan fingerprint density at radius 3 is 2.60 bits per heavy atom. The van der Waals surface area contributed by atoms with Gasteiger partial charge in [0.1, 0.15) is 6.33 Å². The van der Waals surface area contributed by atoms with Crippen molar-refractivity contribution in [3.63, 3.8) is 0 Å². The Bertz CT molecular complexity index is 612. The molecule has 2 aromatic rings. The molecule has 6 nitrogen and oxygen atoms in total. The molecule has 1 aromatic heterocycles. The highest BCUT2D eigenvalue weighted by Crippen LogP contribution is 2.16. The van der Waals surface area contributed by atoms with Crippen molar-refractivity contribution in [2.24, 2.45) is 0 Å². The van der Waals surface area contributed by atoms with Crippen LogP contribution in [0.1, 0.15) is 11.1 Å². The van der Waals surface area contributed by atoms with Gasteiger partial charge in [0.15, 0.2) is 5.16 Å². The number of rotatable bonds is 4. The Hall–Kier alpha value is -2.15. The second-order valence-corrected chi connectivity index (χ2v) is 5.28. The first-order chi connectivity index (χ1) is 9.52. The molecule has 7 heteroatoms. The SMILES string of the molecule is Cc1cc(C)cc(NC(=O)CSc2ncnc(N)n2)c1. The van der Waals surface area contributed by atoms with Crippen LogP contribution in [0.4, 0.5) is 11.6 Å². The van der Waals surface area contributed by atoms with Gasteiger partial charge in [-0.25, -0.2) is 9.97 Å². The third kappa shape index (κ3) is 4.20. The van der Waals surface area contributed by atoms with Gasteiger partial charge in [0.2, 0.25) is 11.9 Å². The van der Waals surface area contributed by atoms with Crippen LogP contribution >= 0.6 is 11.8 Å². The van der Waals surface area contributed by atoms with Crippen molar-refractivity contribution in [2.75, 3.05) is 16.8 Å². The predicted octanol–water partition coefficient (Wildman–Crippen LogP) is 1.80. The van der Waals surface area contributed by atoms with Crippen molar-refractivity contribution < 1.29 is 4.79 Å². The van der Waals surface area contributed by atoms with Crippen LogP contribution in [0.5, 0.6) is 0 Å². The van der Waals surface area contributed by atoms with Gasteiger partial charge < -0.3 is 11.1 Å². The highest BCUT2D eigenvalue weighted by atomic mass is 32.2. The summed E-state index contributed by atoms with van der Waals surface area (Å²) in [7, 11) is 0. The van der Waals surface area contributed by atoms with E-state index in [1.807, 2.05) is 26.0 Å². The second-order valence-electron chi connectivity index (χ2n) is 4.34. The highest BCUT2D eigenvalue weighted by Gasteiger charge is 2.06. The molecule has 3 N–H and O–H groups in total. The zero-order valence-electron chi connectivity index (χ0n) is 11.3. The number of thioether (sulfide) groups is 1. The first-order valence-electron chi connectivity index (χ1n) is 5.98. The molecule has 0 bridgehead atoms. The van der Waals surface area contributed by atoms with Crippen LogP contribution in [0.25, 0.3) is 0 Å². The largest absolute Gasteiger partial charge is 0.368 e. The van der Waals surface area contributed by atoms with Gasteiger partial charge >= 0.3 is 0 Å². The van der Waals surface area contributed by atoms with Gasteiger partial charge in [0.05, 0.1) is 5.75 Å². The highest BCUT2D eigenvalue weighted by molar-refractivity contribution is 7.99. The van der Waals surface area contributed by atoms with E-state index < -0.39 is 0 Å². The second kappa shape index (κ2) is 6.33. The Labute approximate surface area is 121 Å². The number of amides is 1. The number of hydrogen-bond acceptors (Lipinski definition) is 6. The van der Waals surface area contributed by atoms with Gasteiger partial charge in [-0.05, 0) is 37.1 Å². The number of carbonyl (C=O) groups excluding carboxylic acids is 1. The fourth-order valence-electron chi connectivity index (χ4n) is 1.74. The molecule has 0 radical (unpaired) electrons. The molecule has 0 aliphatic carbocycles. The van der Waals surface area contributed by atoms with Gasteiger partial charge in [-0.3, -0.25) is 4.79 Å². The van der Waals surface area contributed by atoms with E-state index in [-0.39, 0.29) is 17.6 Å². The fourth-order valence-corrected chi connectivity index (χ4v) is 2.35. The summed E-state index contributed by atoms with van der Waals surface area (Å²) >= 11 is 1.22. The zero-order valence-corrected chi connectivity index (χ0v) is 12.1. The molecule has 0 atom stereocenters. The number of aromatic nitrogens is 3. The number of nitrogens with zero attached hydrogens (tertiary/aromatic N) is 3. The summed E-state index contributed by atoms with van der Waals surface area (Å²) in [4.78, 5) is 23.4. The number of aryl methyl sites for hydroxylation is 2. The third-order valence-corrected chi connectivity index (χ3v) is 3.27. The summed E-state index contributed by atoms with van der Waals surface area (Å²) < 4.78 is 0. The Morgan fingerprint density at radius 1 is 1.25 bits per heavy atom. The van der Waals surface area contributed by atoms with Crippen LogP contribution in [0.3, 0.4) is 0 Å². The van der Waals surface area contributed by atoms with Gasteiger partial charge in [-0.1, -0.05) is 17.8 Å². The van der Waals surface area contributed by atoms with Crippen molar-refractivity contribution in [2.45, 2.75) is 19.0 Å². The minimum absolute atomic E-state index is 0.112. The predicted molar refractivity (Wildman–Crippen MR) is 79.5 cm³/mol. The number of nitrogens with one attached hydrogen (secondary N) is 1. The molecule has 1 amide bonds. The fraction of sp³-hybridized carbons (Fsp3) is 0.231. The van der Waals surface area contributed by atoms with Crippen LogP contribution in [0.2, 0.25) is 0 Å². The molecular formula is C13H15N5OS. The average Bonchev–Trinajstić information content (AvgIpc) is 2.35. The van der Waals surface area contributed by atoms with E-state index in [1.165, 1.54) is 18.1 Å². The van der Waals surface area contributed by atoms with Crippen molar-refractivity contribution >= 4 is 29.3 Å². The summed E-state index contributed by atoms with van der Waals surface area (Å²) in [6, 6.07) is 5.91. The normalized spacial score (nSPS) is 10.3. The van der Waals surface area contributed by atoms with E-state index in [0.717, 1.165) is 16.8 Å². The molecule has 1 heterocycles. The molecule has 0 fully saturated rings. The molecule has 104 valence electrons. The van der Waals surface area contributed by atoms with Crippen LogP contribution in [-0.4, -0.2) is 26.6 Å². The molecule has 0 spiro atoms. The lowest BCUT2D eigenvalue weighted by Crippen LogP contribution is -2.14. The first kappa shape index (κ1) is 14.3. The molecule has 0 saturated heterocycles. The Kier molecular flexibility index (Phi) is 4.52. The van der Waals surface area contributed by atoms with Gasteiger partial charge in [0, 0.05) is 5.69 Å². The van der Waals surface area contributed by atoms with Crippen molar-refractivity contribution in [3.8, 4) is 0 Å². The van der Waals surface area contributed by atoms with Crippen molar-refractivity contribution in [1.82, 2.24) is 15.0 Å². The maximum absolute atomic E-state index is 11.9.